The molecule has 0 atom stereocenters. The predicted octanol–water partition coefficient (Wildman–Crippen LogP) is 2.61. The van der Waals surface area contributed by atoms with Crippen molar-refractivity contribution in [1.29, 1.82) is 0 Å². The van der Waals surface area contributed by atoms with E-state index in [0.717, 1.165) is 0 Å². The van der Waals surface area contributed by atoms with Crippen molar-refractivity contribution in [3.63, 3.8) is 0 Å². The molecule has 0 fully saturated rings. The molecule has 11 heavy (non-hydrogen) atoms. The van der Waals surface area contributed by atoms with Crippen molar-refractivity contribution in [2.24, 2.45) is 0 Å². The van der Waals surface area contributed by atoms with Gasteiger partial charge in [-0.2, -0.15) is 17.6 Å². The van der Waals surface area contributed by atoms with Gasteiger partial charge in [-0.15, -0.1) is 11.3 Å². The first-order valence-corrected chi connectivity index (χ1v) is 3.43. The number of hydrogen-bond acceptors (Lipinski definition) is 2. The highest BCUT2D eigenvalue weighted by Gasteiger charge is 2.37. The van der Waals surface area contributed by atoms with Gasteiger partial charge in [0.1, 0.15) is 0 Å². The van der Waals surface area contributed by atoms with Crippen LogP contribution in [0, 0.1) is 12.9 Å². The van der Waals surface area contributed by atoms with Crippen LogP contribution in [0.1, 0.15) is 9.88 Å². The summed E-state index contributed by atoms with van der Waals surface area (Å²) in [5, 5.41) is 0.0785. The molecule has 0 spiro atoms. The van der Waals surface area contributed by atoms with Gasteiger partial charge in [-0.3, -0.25) is 0 Å². The average Bonchev–Trinajstić information content (AvgIpc) is 2.08. The van der Waals surface area contributed by atoms with Crippen molar-refractivity contribution in [3.05, 3.63) is 15.8 Å². The first kappa shape index (κ1) is 8.45. The van der Waals surface area contributed by atoms with Crippen LogP contribution in [-0.2, 0) is 6.18 Å². The normalized spacial score (nSPS) is 12.1. The maximum atomic E-state index is 12.3. The monoisotopic (exact) mass is 185 g/mol. The molecule has 1 nitrogen and oxygen atoms in total. The molecule has 1 aromatic rings. The quantitative estimate of drug-likeness (QED) is 0.566. The van der Waals surface area contributed by atoms with Crippen LogP contribution in [0.3, 0.4) is 0 Å². The third-order valence-corrected chi connectivity index (χ3v) is 1.94. The highest BCUT2D eigenvalue weighted by molar-refractivity contribution is 7.11. The largest absolute Gasteiger partial charge is 0.430 e. The molecule has 6 heteroatoms. The van der Waals surface area contributed by atoms with Crippen LogP contribution >= 0.6 is 11.3 Å². The summed E-state index contributed by atoms with van der Waals surface area (Å²) in [5.74, 6) is -1.43. The van der Waals surface area contributed by atoms with E-state index in [0.29, 0.717) is 11.3 Å². The van der Waals surface area contributed by atoms with E-state index in [1.54, 1.807) is 0 Å². The van der Waals surface area contributed by atoms with Gasteiger partial charge < -0.3 is 0 Å². The summed E-state index contributed by atoms with van der Waals surface area (Å²) in [7, 11) is 0. The van der Waals surface area contributed by atoms with E-state index in [4.69, 9.17) is 0 Å². The Labute approximate surface area is 63.7 Å². The maximum Gasteiger partial charge on any atom is 0.430 e. The fraction of sp³-hybridized carbons (Fsp3) is 0.400. The molecule has 0 bridgehead atoms. The van der Waals surface area contributed by atoms with E-state index in [2.05, 4.69) is 4.98 Å². The van der Waals surface area contributed by atoms with Crippen molar-refractivity contribution < 1.29 is 17.6 Å². The summed E-state index contributed by atoms with van der Waals surface area (Å²) in [4.78, 5) is 1.75. The fourth-order valence-corrected chi connectivity index (χ4v) is 1.24. The Kier molecular flexibility index (Phi) is 1.87. The lowest BCUT2D eigenvalue weighted by molar-refractivity contribution is -0.136. The molecule has 0 aromatic carbocycles. The van der Waals surface area contributed by atoms with Crippen LogP contribution in [-0.4, -0.2) is 4.98 Å². The minimum atomic E-state index is -4.62. The van der Waals surface area contributed by atoms with E-state index in [-0.39, 0.29) is 5.01 Å². The number of rotatable bonds is 0. The summed E-state index contributed by atoms with van der Waals surface area (Å²) in [6.07, 6.45) is -4.62. The topological polar surface area (TPSA) is 12.9 Å². The minimum Gasteiger partial charge on any atom is -0.213 e. The highest BCUT2D eigenvalue weighted by atomic mass is 32.1. The molecular weight excluding hydrogens is 182 g/mol. The van der Waals surface area contributed by atoms with Crippen LogP contribution in [0.2, 0.25) is 0 Å². The van der Waals surface area contributed by atoms with Gasteiger partial charge in [-0.05, 0) is 6.92 Å². The Hall–Kier alpha value is -0.650. The standard InChI is InChI=1S/C5H3F4NS/c1-2-10-4(6)3(11-2)5(7,8)9/h1H3. The van der Waals surface area contributed by atoms with Gasteiger partial charge in [0, 0.05) is 0 Å². The highest BCUT2D eigenvalue weighted by Crippen LogP contribution is 2.35. The molecular formula is C5H3F4NS. The number of aromatic nitrogens is 1. The summed E-state index contributed by atoms with van der Waals surface area (Å²) in [6, 6.07) is 0. The molecule has 0 aliphatic carbocycles. The van der Waals surface area contributed by atoms with Crippen LogP contribution in [0.5, 0.6) is 0 Å². The average molecular weight is 185 g/mol. The molecule has 0 aliphatic rings. The Morgan fingerprint density at radius 3 is 2.09 bits per heavy atom. The van der Waals surface area contributed by atoms with Crippen LogP contribution in [0.4, 0.5) is 17.6 Å². The van der Waals surface area contributed by atoms with Crippen molar-refractivity contribution >= 4 is 11.3 Å². The Balaban J connectivity index is 3.13. The lowest BCUT2D eigenvalue weighted by atomic mass is 10.5. The Bertz CT molecular complexity index is 264. The summed E-state index contributed by atoms with van der Waals surface area (Å²) < 4.78 is 47.7. The SMILES string of the molecule is Cc1nc(F)c(C(F)(F)F)s1. The Morgan fingerprint density at radius 1 is 1.36 bits per heavy atom. The molecule has 0 saturated carbocycles. The zero-order chi connectivity index (χ0) is 8.65. The first-order chi connectivity index (χ1) is 4.91. The molecule has 0 radical (unpaired) electrons. The molecule has 1 aromatic heterocycles. The zero-order valence-corrected chi connectivity index (χ0v) is 6.18. The third-order valence-electron chi connectivity index (χ3n) is 0.950. The van der Waals surface area contributed by atoms with Gasteiger partial charge in [0.05, 0.1) is 5.01 Å². The lowest BCUT2D eigenvalue weighted by Crippen LogP contribution is -2.04. The second kappa shape index (κ2) is 2.44. The van der Waals surface area contributed by atoms with Gasteiger partial charge in [0.15, 0.2) is 4.88 Å². The van der Waals surface area contributed by atoms with Gasteiger partial charge in [0.25, 0.3) is 0 Å². The number of aryl methyl sites for hydroxylation is 1. The van der Waals surface area contributed by atoms with E-state index in [1.165, 1.54) is 6.92 Å². The second-order valence-electron chi connectivity index (χ2n) is 1.85. The molecule has 0 aliphatic heterocycles. The van der Waals surface area contributed by atoms with Gasteiger partial charge in [-0.25, -0.2) is 4.98 Å². The number of thiazole rings is 1. The molecule has 0 unspecified atom stereocenters. The van der Waals surface area contributed by atoms with Gasteiger partial charge in [-0.1, -0.05) is 0 Å². The summed E-state index contributed by atoms with van der Waals surface area (Å²) in [6.45, 7) is 1.32. The number of alkyl halides is 3. The van der Waals surface area contributed by atoms with Crippen LogP contribution in [0.25, 0.3) is 0 Å². The van der Waals surface area contributed by atoms with E-state index in [9.17, 15) is 17.6 Å². The predicted molar refractivity (Wildman–Crippen MR) is 31.8 cm³/mol. The molecule has 0 saturated heterocycles. The van der Waals surface area contributed by atoms with Crippen molar-refractivity contribution in [1.82, 2.24) is 4.98 Å². The zero-order valence-electron chi connectivity index (χ0n) is 5.37. The molecule has 1 rings (SSSR count). The van der Waals surface area contributed by atoms with Crippen molar-refractivity contribution in [2.45, 2.75) is 13.1 Å². The van der Waals surface area contributed by atoms with Gasteiger partial charge >= 0.3 is 6.18 Å². The number of nitrogens with zero attached hydrogens (tertiary/aromatic N) is 1. The summed E-state index contributed by atoms with van der Waals surface area (Å²) in [5.41, 5.74) is 0. The van der Waals surface area contributed by atoms with Crippen LogP contribution < -0.4 is 0 Å². The second-order valence-corrected chi connectivity index (χ2v) is 3.05. The van der Waals surface area contributed by atoms with E-state index >= 15 is 0 Å². The molecule has 1 heterocycles. The van der Waals surface area contributed by atoms with Gasteiger partial charge in [0.2, 0.25) is 5.95 Å². The van der Waals surface area contributed by atoms with E-state index in [1.807, 2.05) is 0 Å². The number of halogens is 4. The van der Waals surface area contributed by atoms with Crippen molar-refractivity contribution in [3.8, 4) is 0 Å². The minimum absolute atomic E-state index is 0.0785. The van der Waals surface area contributed by atoms with E-state index < -0.39 is 17.0 Å². The first-order valence-electron chi connectivity index (χ1n) is 2.61. The van der Waals surface area contributed by atoms with Crippen LogP contribution in [0.15, 0.2) is 0 Å². The molecule has 0 amide bonds. The smallest absolute Gasteiger partial charge is 0.213 e. The summed E-state index contributed by atoms with van der Waals surface area (Å²) >= 11 is 0.310. The number of hydrogen-bond donors (Lipinski definition) is 0. The third kappa shape index (κ3) is 1.68. The Morgan fingerprint density at radius 2 is 1.91 bits per heavy atom. The molecule has 62 valence electrons. The fourth-order valence-electron chi connectivity index (χ4n) is 0.576. The lowest BCUT2D eigenvalue weighted by Gasteiger charge is -1.99. The molecule has 0 N–H and O–H groups in total. The maximum absolute atomic E-state index is 12.3. The van der Waals surface area contributed by atoms with Crippen molar-refractivity contribution in [2.75, 3.05) is 0 Å².